The van der Waals surface area contributed by atoms with E-state index in [1.807, 2.05) is 12.2 Å². The molecule has 0 fully saturated rings. The van der Waals surface area contributed by atoms with Crippen molar-refractivity contribution in [2.45, 2.75) is 11.8 Å². The van der Waals surface area contributed by atoms with Crippen LogP contribution in [0.15, 0.2) is 53.7 Å². The molecule has 0 saturated carbocycles. The molecule has 0 aliphatic carbocycles. The van der Waals surface area contributed by atoms with Crippen LogP contribution in [0.4, 0.5) is 4.79 Å². The predicted octanol–water partition coefficient (Wildman–Crippen LogP) is 1.22. The number of rotatable bonds is 3. The first kappa shape index (κ1) is 15.6. The normalized spacial score (nSPS) is 10.8. The Bertz CT molecular complexity index is 787. The zero-order valence-corrected chi connectivity index (χ0v) is 12.4. The predicted molar refractivity (Wildman–Crippen MR) is 78.6 cm³/mol. The lowest BCUT2D eigenvalue weighted by atomic mass is 10.2. The Morgan fingerprint density at radius 2 is 1.77 bits per heavy atom. The molecule has 0 radical (unpaired) electrons. The monoisotopic (exact) mass is 319 g/mol. The Hall–Kier alpha value is -2.74. The highest BCUT2D eigenvalue weighted by atomic mass is 32.2. The van der Waals surface area contributed by atoms with Crippen LogP contribution in [0.1, 0.15) is 15.9 Å². The molecular weight excluding hydrogens is 306 g/mol. The van der Waals surface area contributed by atoms with E-state index in [4.69, 9.17) is 0 Å². The molecule has 22 heavy (non-hydrogen) atoms. The Kier molecular flexibility index (Phi) is 4.52. The van der Waals surface area contributed by atoms with E-state index in [0.717, 1.165) is 5.56 Å². The van der Waals surface area contributed by atoms with Crippen LogP contribution >= 0.6 is 0 Å². The summed E-state index contributed by atoms with van der Waals surface area (Å²) in [5, 5.41) is 1.93. The van der Waals surface area contributed by atoms with Gasteiger partial charge in [-0.3, -0.25) is 15.1 Å². The number of hydrogen-bond acceptors (Lipinski definition) is 5. The maximum atomic E-state index is 12.0. The SMILES string of the molecule is Cc1ccc(S(=O)(=O)NC(=O)NC(=O)c2cccnc2)cc1. The average molecular weight is 319 g/mol. The number of aryl methyl sites for hydroxylation is 1. The maximum absolute atomic E-state index is 12.0. The molecule has 8 heteroatoms. The number of amides is 3. The Balaban J connectivity index is 2.05. The number of aromatic nitrogens is 1. The van der Waals surface area contributed by atoms with Gasteiger partial charge in [-0.25, -0.2) is 17.9 Å². The molecule has 0 saturated heterocycles. The number of nitrogens with one attached hydrogen (secondary N) is 2. The van der Waals surface area contributed by atoms with Crippen molar-refractivity contribution in [1.82, 2.24) is 15.0 Å². The summed E-state index contributed by atoms with van der Waals surface area (Å²) in [6.07, 6.45) is 2.73. The fourth-order valence-corrected chi connectivity index (χ4v) is 2.50. The number of pyridine rings is 1. The molecule has 0 aliphatic rings. The number of carbonyl (C=O) groups is 2. The summed E-state index contributed by atoms with van der Waals surface area (Å²) in [5.74, 6) is -0.746. The second-order valence-corrected chi connectivity index (χ2v) is 6.13. The zero-order chi connectivity index (χ0) is 16.2. The Morgan fingerprint density at radius 3 is 2.36 bits per heavy atom. The maximum Gasteiger partial charge on any atom is 0.335 e. The van der Waals surface area contributed by atoms with Crippen molar-refractivity contribution < 1.29 is 18.0 Å². The molecule has 2 aromatic rings. The molecule has 1 aromatic heterocycles. The largest absolute Gasteiger partial charge is 0.335 e. The first-order chi connectivity index (χ1) is 10.4. The molecule has 2 rings (SSSR count). The van der Waals surface area contributed by atoms with Crippen molar-refractivity contribution in [1.29, 1.82) is 0 Å². The van der Waals surface area contributed by atoms with Gasteiger partial charge in [0.05, 0.1) is 10.5 Å². The lowest BCUT2D eigenvalue weighted by Gasteiger charge is -2.08. The second kappa shape index (κ2) is 6.35. The second-order valence-electron chi connectivity index (χ2n) is 4.44. The van der Waals surface area contributed by atoms with Crippen molar-refractivity contribution in [2.24, 2.45) is 0 Å². The molecule has 1 heterocycles. The first-order valence-corrected chi connectivity index (χ1v) is 7.71. The van der Waals surface area contributed by atoms with E-state index in [9.17, 15) is 18.0 Å². The van der Waals surface area contributed by atoms with E-state index < -0.39 is 22.0 Å². The minimum absolute atomic E-state index is 0.0675. The van der Waals surface area contributed by atoms with Crippen molar-refractivity contribution >= 4 is 22.0 Å². The molecule has 2 N–H and O–H groups in total. The van der Waals surface area contributed by atoms with Crippen LogP contribution in [0.25, 0.3) is 0 Å². The standard InChI is InChI=1S/C14H13N3O4S/c1-10-4-6-12(7-5-10)22(20,21)17-14(19)16-13(18)11-3-2-8-15-9-11/h2-9H,1H3,(H2,16,17,18,19). The molecule has 114 valence electrons. The minimum Gasteiger partial charge on any atom is -0.273 e. The highest BCUT2D eigenvalue weighted by molar-refractivity contribution is 7.90. The van der Waals surface area contributed by atoms with Crippen molar-refractivity contribution in [3.05, 3.63) is 59.9 Å². The summed E-state index contributed by atoms with van der Waals surface area (Å²) in [6, 6.07) is 7.79. The smallest absolute Gasteiger partial charge is 0.273 e. The lowest BCUT2D eigenvalue weighted by molar-refractivity contribution is 0.0965. The molecular formula is C14H13N3O4S. The summed E-state index contributed by atoms with van der Waals surface area (Å²) in [4.78, 5) is 27.0. The van der Waals surface area contributed by atoms with Gasteiger partial charge in [0.2, 0.25) is 0 Å². The van der Waals surface area contributed by atoms with Crippen LogP contribution in [0.2, 0.25) is 0 Å². The van der Waals surface area contributed by atoms with Gasteiger partial charge in [-0.05, 0) is 31.2 Å². The van der Waals surface area contributed by atoms with E-state index in [2.05, 4.69) is 4.98 Å². The molecule has 0 bridgehead atoms. The quantitative estimate of drug-likeness (QED) is 0.885. The summed E-state index contributed by atoms with van der Waals surface area (Å²) >= 11 is 0. The van der Waals surface area contributed by atoms with Crippen molar-refractivity contribution in [3.8, 4) is 0 Å². The lowest BCUT2D eigenvalue weighted by Crippen LogP contribution is -2.42. The van der Waals surface area contributed by atoms with E-state index in [-0.39, 0.29) is 10.5 Å². The van der Waals surface area contributed by atoms with Gasteiger partial charge >= 0.3 is 6.03 Å². The number of hydrogen-bond donors (Lipinski definition) is 2. The molecule has 3 amide bonds. The highest BCUT2D eigenvalue weighted by Crippen LogP contribution is 2.09. The van der Waals surface area contributed by atoms with Gasteiger partial charge < -0.3 is 0 Å². The van der Waals surface area contributed by atoms with Gasteiger partial charge in [-0.1, -0.05) is 17.7 Å². The number of imide groups is 1. The zero-order valence-electron chi connectivity index (χ0n) is 11.6. The van der Waals surface area contributed by atoms with E-state index in [0.29, 0.717) is 0 Å². The number of benzene rings is 1. The average Bonchev–Trinajstić information content (AvgIpc) is 2.48. The van der Waals surface area contributed by atoms with Gasteiger partial charge in [0.1, 0.15) is 0 Å². The van der Waals surface area contributed by atoms with Crippen LogP contribution in [-0.2, 0) is 10.0 Å². The van der Waals surface area contributed by atoms with Gasteiger partial charge in [0.25, 0.3) is 15.9 Å². The molecule has 1 aromatic carbocycles. The number of urea groups is 1. The van der Waals surface area contributed by atoms with Crippen molar-refractivity contribution in [3.63, 3.8) is 0 Å². The van der Waals surface area contributed by atoms with E-state index in [1.54, 1.807) is 16.9 Å². The van der Waals surface area contributed by atoms with Crippen LogP contribution in [-0.4, -0.2) is 25.3 Å². The van der Waals surface area contributed by atoms with Crippen LogP contribution in [0, 0.1) is 6.92 Å². The fraction of sp³-hybridized carbons (Fsp3) is 0.0714. The van der Waals surface area contributed by atoms with Gasteiger partial charge in [-0.2, -0.15) is 0 Å². The van der Waals surface area contributed by atoms with Crippen LogP contribution in [0.3, 0.4) is 0 Å². The van der Waals surface area contributed by atoms with Gasteiger partial charge in [0.15, 0.2) is 0 Å². The summed E-state index contributed by atoms with van der Waals surface area (Å²) < 4.78 is 25.7. The van der Waals surface area contributed by atoms with Crippen molar-refractivity contribution in [2.75, 3.05) is 0 Å². The molecule has 0 spiro atoms. The first-order valence-electron chi connectivity index (χ1n) is 6.23. The third-order valence-corrected chi connectivity index (χ3v) is 4.06. The Morgan fingerprint density at radius 1 is 1.09 bits per heavy atom. The van der Waals surface area contributed by atoms with Gasteiger partial charge in [0, 0.05) is 12.4 Å². The number of sulfonamides is 1. The summed E-state index contributed by atoms with van der Waals surface area (Å²) in [6.45, 7) is 1.81. The molecule has 0 unspecified atom stereocenters. The molecule has 7 nitrogen and oxygen atoms in total. The van der Waals surface area contributed by atoms with E-state index in [1.165, 1.54) is 36.7 Å². The third kappa shape index (κ3) is 3.89. The third-order valence-electron chi connectivity index (χ3n) is 2.71. The summed E-state index contributed by atoms with van der Waals surface area (Å²) in [7, 11) is -4.03. The van der Waals surface area contributed by atoms with E-state index >= 15 is 0 Å². The molecule has 0 atom stereocenters. The van der Waals surface area contributed by atoms with Crippen LogP contribution < -0.4 is 10.0 Å². The van der Waals surface area contributed by atoms with Gasteiger partial charge in [-0.15, -0.1) is 0 Å². The minimum atomic E-state index is -4.03. The number of carbonyl (C=O) groups excluding carboxylic acids is 2. The topological polar surface area (TPSA) is 105 Å². The number of nitrogens with zero attached hydrogens (tertiary/aromatic N) is 1. The molecule has 0 aliphatic heterocycles. The highest BCUT2D eigenvalue weighted by Gasteiger charge is 2.19. The fourth-order valence-electron chi connectivity index (χ4n) is 1.60. The summed E-state index contributed by atoms with van der Waals surface area (Å²) in [5.41, 5.74) is 1.03. The van der Waals surface area contributed by atoms with Crippen LogP contribution in [0.5, 0.6) is 0 Å². The Labute approximate surface area is 127 Å².